The van der Waals surface area contributed by atoms with Gasteiger partial charge in [-0.3, -0.25) is 4.79 Å². The summed E-state index contributed by atoms with van der Waals surface area (Å²) in [5, 5.41) is 10.3. The number of hydrogen-bond acceptors (Lipinski definition) is 5. The molecule has 0 saturated heterocycles. The zero-order valence-electron chi connectivity index (χ0n) is 9.66. The number of benzene rings is 1. The molecule has 0 spiro atoms. The average Bonchev–Trinajstić information content (AvgIpc) is 2.87. The predicted octanol–water partition coefficient (Wildman–Crippen LogP) is 2.83. The first kappa shape index (κ1) is 12.3. The van der Waals surface area contributed by atoms with Crippen LogP contribution in [-0.4, -0.2) is 16.2 Å². The minimum atomic E-state index is -0.423. The molecule has 0 radical (unpaired) electrons. The van der Waals surface area contributed by atoms with Gasteiger partial charge < -0.3 is 10.1 Å². The molecule has 1 N–H and O–H groups in total. The van der Waals surface area contributed by atoms with Crippen LogP contribution in [0.2, 0.25) is 10.0 Å². The third-order valence-corrected chi connectivity index (χ3v) is 3.53. The van der Waals surface area contributed by atoms with E-state index in [9.17, 15) is 4.79 Å². The molecule has 1 aliphatic rings. The molecule has 1 aromatic carbocycles. The van der Waals surface area contributed by atoms with E-state index < -0.39 is 5.91 Å². The summed E-state index contributed by atoms with van der Waals surface area (Å²) in [6.45, 7) is 1.97. The fourth-order valence-electron chi connectivity index (χ4n) is 1.73. The van der Waals surface area contributed by atoms with E-state index in [-0.39, 0.29) is 16.4 Å². The van der Waals surface area contributed by atoms with Crippen molar-refractivity contribution in [2.45, 2.75) is 13.5 Å². The molecule has 0 aliphatic carbocycles. The lowest BCUT2D eigenvalue weighted by Crippen LogP contribution is -2.13. The van der Waals surface area contributed by atoms with Gasteiger partial charge in [0.05, 0.1) is 15.6 Å². The molecule has 8 heteroatoms. The maximum atomic E-state index is 12.1. The minimum absolute atomic E-state index is 0.179. The Kier molecular flexibility index (Phi) is 2.83. The van der Waals surface area contributed by atoms with Crippen molar-refractivity contribution >= 4 is 34.9 Å². The largest absolute Gasteiger partial charge is 0.486 e. The maximum absolute atomic E-state index is 12.1. The number of amides is 1. The lowest BCUT2D eigenvalue weighted by atomic mass is 10.1. The molecule has 6 nitrogen and oxygen atoms in total. The Morgan fingerprint density at radius 2 is 2.16 bits per heavy atom. The Morgan fingerprint density at radius 3 is 2.84 bits per heavy atom. The predicted molar refractivity (Wildman–Crippen MR) is 67.8 cm³/mol. The molecular weight excluding hydrogens is 293 g/mol. The molecule has 0 unspecified atom stereocenters. The maximum Gasteiger partial charge on any atom is 0.258 e. The van der Waals surface area contributed by atoms with Crippen LogP contribution in [0.5, 0.6) is 5.75 Å². The lowest BCUT2D eigenvalue weighted by Gasteiger charge is -2.06. The van der Waals surface area contributed by atoms with Crippen LogP contribution in [0, 0.1) is 6.92 Å². The van der Waals surface area contributed by atoms with E-state index in [1.807, 2.05) is 0 Å². The molecule has 2 heterocycles. The standard InChI is InChI=1S/C11H7Cl2N3O3/c1-4-10(16-19-15-4)14-11(17)6-2-5-3-18-9(7(5)12)8(6)13/h2H,3H2,1H3,(H,14,16,17). The fourth-order valence-corrected chi connectivity index (χ4v) is 2.33. The highest BCUT2D eigenvalue weighted by atomic mass is 35.5. The van der Waals surface area contributed by atoms with E-state index >= 15 is 0 Å². The van der Waals surface area contributed by atoms with Gasteiger partial charge in [-0.25, -0.2) is 4.63 Å². The van der Waals surface area contributed by atoms with Crippen LogP contribution in [0.4, 0.5) is 5.82 Å². The summed E-state index contributed by atoms with van der Waals surface area (Å²) < 4.78 is 9.80. The Hall–Kier alpha value is -1.79. The van der Waals surface area contributed by atoms with E-state index in [1.54, 1.807) is 13.0 Å². The van der Waals surface area contributed by atoms with Gasteiger partial charge in [0.1, 0.15) is 12.3 Å². The number of aryl methyl sites for hydroxylation is 1. The topological polar surface area (TPSA) is 77.3 Å². The summed E-state index contributed by atoms with van der Waals surface area (Å²) >= 11 is 12.1. The van der Waals surface area contributed by atoms with E-state index in [0.717, 1.165) is 5.56 Å². The van der Waals surface area contributed by atoms with Crippen molar-refractivity contribution in [1.29, 1.82) is 0 Å². The van der Waals surface area contributed by atoms with Gasteiger partial charge in [-0.1, -0.05) is 28.4 Å². The number of aromatic nitrogens is 2. The number of rotatable bonds is 2. The second kappa shape index (κ2) is 4.40. The highest BCUT2D eigenvalue weighted by Crippen LogP contribution is 2.43. The van der Waals surface area contributed by atoms with Crippen LogP contribution in [0.1, 0.15) is 21.6 Å². The van der Waals surface area contributed by atoms with Crippen molar-refractivity contribution in [3.63, 3.8) is 0 Å². The zero-order valence-corrected chi connectivity index (χ0v) is 11.2. The molecule has 1 amide bonds. The molecule has 2 bridgehead atoms. The number of ether oxygens (including phenoxy) is 1. The van der Waals surface area contributed by atoms with Gasteiger partial charge in [0, 0.05) is 5.56 Å². The minimum Gasteiger partial charge on any atom is -0.486 e. The average molecular weight is 300 g/mol. The number of nitrogens with one attached hydrogen (secondary N) is 1. The molecule has 0 saturated carbocycles. The summed E-state index contributed by atoms with van der Waals surface area (Å²) in [7, 11) is 0. The monoisotopic (exact) mass is 299 g/mol. The molecule has 0 fully saturated rings. The van der Waals surface area contributed by atoms with Crippen LogP contribution < -0.4 is 10.1 Å². The molecule has 3 rings (SSSR count). The van der Waals surface area contributed by atoms with Crippen LogP contribution in [0.25, 0.3) is 0 Å². The van der Waals surface area contributed by atoms with Gasteiger partial charge in [-0.2, -0.15) is 0 Å². The van der Waals surface area contributed by atoms with E-state index in [0.29, 0.717) is 23.1 Å². The van der Waals surface area contributed by atoms with Crippen molar-refractivity contribution < 1.29 is 14.2 Å². The van der Waals surface area contributed by atoms with Gasteiger partial charge >= 0.3 is 0 Å². The first-order valence-electron chi connectivity index (χ1n) is 5.32. The first-order valence-corrected chi connectivity index (χ1v) is 6.07. The molecule has 0 atom stereocenters. The third kappa shape index (κ3) is 1.93. The quantitative estimate of drug-likeness (QED) is 0.922. The van der Waals surface area contributed by atoms with Crippen LogP contribution >= 0.6 is 23.2 Å². The van der Waals surface area contributed by atoms with E-state index in [4.69, 9.17) is 27.9 Å². The Balaban J connectivity index is 1.96. The molecule has 2 aromatic rings. The van der Waals surface area contributed by atoms with Gasteiger partial charge in [0.15, 0.2) is 5.75 Å². The molecule has 1 aliphatic heterocycles. The second-order valence-electron chi connectivity index (χ2n) is 3.98. The summed E-state index contributed by atoms with van der Waals surface area (Å²) in [5.41, 5.74) is 1.47. The Bertz CT molecular complexity index is 684. The van der Waals surface area contributed by atoms with Crippen molar-refractivity contribution in [2.24, 2.45) is 0 Å². The molecule has 98 valence electrons. The SMILES string of the molecule is Cc1nonc1NC(=O)c1cc2c(Cl)c(c1Cl)OC2. The highest BCUT2D eigenvalue weighted by Gasteiger charge is 2.26. The van der Waals surface area contributed by atoms with Gasteiger partial charge in [-0.05, 0) is 18.1 Å². The number of carbonyl (C=O) groups is 1. The van der Waals surface area contributed by atoms with Crippen molar-refractivity contribution in [2.75, 3.05) is 5.32 Å². The highest BCUT2D eigenvalue weighted by molar-refractivity contribution is 6.40. The number of nitrogens with zero attached hydrogens (tertiary/aromatic N) is 2. The van der Waals surface area contributed by atoms with Crippen LogP contribution in [0.3, 0.4) is 0 Å². The number of anilines is 1. The summed E-state index contributed by atoms with van der Waals surface area (Å²) in [6.07, 6.45) is 0. The van der Waals surface area contributed by atoms with Crippen molar-refractivity contribution in [3.05, 3.63) is 32.9 Å². The number of halogens is 2. The number of fused-ring (bicyclic) bond motifs is 2. The second-order valence-corrected chi connectivity index (χ2v) is 4.74. The summed E-state index contributed by atoms with van der Waals surface area (Å²) in [6, 6.07) is 1.60. The van der Waals surface area contributed by atoms with Gasteiger partial charge in [0.25, 0.3) is 5.91 Å². The van der Waals surface area contributed by atoms with Gasteiger partial charge in [-0.15, -0.1) is 0 Å². The number of carbonyl (C=O) groups excluding carboxylic acids is 1. The summed E-state index contributed by atoms with van der Waals surface area (Å²) in [5.74, 6) is 0.161. The molecule has 1 aromatic heterocycles. The van der Waals surface area contributed by atoms with E-state index in [1.165, 1.54) is 0 Å². The zero-order chi connectivity index (χ0) is 13.6. The van der Waals surface area contributed by atoms with Crippen molar-refractivity contribution in [3.8, 4) is 5.75 Å². The molecular formula is C11H7Cl2N3O3. The fraction of sp³-hybridized carbons (Fsp3) is 0.182. The Labute approximate surface area is 117 Å². The molecule has 19 heavy (non-hydrogen) atoms. The normalized spacial score (nSPS) is 12.4. The summed E-state index contributed by atoms with van der Waals surface area (Å²) in [4.78, 5) is 12.1. The van der Waals surface area contributed by atoms with Gasteiger partial charge in [0.2, 0.25) is 5.82 Å². The lowest BCUT2D eigenvalue weighted by molar-refractivity contribution is 0.102. The van der Waals surface area contributed by atoms with Crippen LogP contribution in [-0.2, 0) is 6.61 Å². The number of hydrogen-bond donors (Lipinski definition) is 1. The Morgan fingerprint density at radius 1 is 1.37 bits per heavy atom. The van der Waals surface area contributed by atoms with E-state index in [2.05, 4.69) is 20.3 Å². The smallest absolute Gasteiger partial charge is 0.258 e. The third-order valence-electron chi connectivity index (χ3n) is 2.74. The first-order chi connectivity index (χ1) is 9.08. The van der Waals surface area contributed by atoms with Crippen molar-refractivity contribution in [1.82, 2.24) is 10.3 Å². The van der Waals surface area contributed by atoms with Crippen LogP contribution in [0.15, 0.2) is 10.7 Å².